The van der Waals surface area contributed by atoms with Crippen LogP contribution in [0, 0.1) is 0 Å². The van der Waals surface area contributed by atoms with E-state index < -0.39 is 0 Å². The van der Waals surface area contributed by atoms with Gasteiger partial charge >= 0.3 is 0 Å². The van der Waals surface area contributed by atoms with Crippen molar-refractivity contribution < 1.29 is 4.79 Å². The summed E-state index contributed by atoms with van der Waals surface area (Å²) in [6.45, 7) is 1.31. The summed E-state index contributed by atoms with van der Waals surface area (Å²) in [5, 5.41) is 9.41. The molecular weight excluding hydrogens is 483 g/mol. The number of carbonyl (C=O) groups is 1. The van der Waals surface area contributed by atoms with E-state index >= 15 is 0 Å². The highest BCUT2D eigenvalue weighted by Crippen LogP contribution is 2.41. The van der Waals surface area contributed by atoms with E-state index in [2.05, 4.69) is 21.2 Å². The molecule has 0 spiro atoms. The molecule has 3 aromatic rings. The molecule has 33 heavy (non-hydrogen) atoms. The summed E-state index contributed by atoms with van der Waals surface area (Å²) in [7, 11) is 0. The van der Waals surface area contributed by atoms with Crippen LogP contribution in [0.1, 0.15) is 37.1 Å². The van der Waals surface area contributed by atoms with Crippen LogP contribution < -0.4 is 5.73 Å². The number of carbonyl (C=O) groups excluding carboxylic acids is 1. The summed E-state index contributed by atoms with van der Waals surface area (Å²) in [4.78, 5) is 19.4. The van der Waals surface area contributed by atoms with Crippen LogP contribution in [0.25, 0.3) is 11.5 Å². The predicted molar refractivity (Wildman–Crippen MR) is 133 cm³/mol. The van der Waals surface area contributed by atoms with Crippen molar-refractivity contribution in [3.63, 3.8) is 0 Å². The maximum absolute atomic E-state index is 13.1. The molecule has 1 aromatic carbocycles. The molecule has 0 atom stereocenters. The minimum atomic E-state index is -0.0770. The number of halogens is 3. The highest BCUT2D eigenvalue weighted by Gasteiger charge is 2.40. The number of fused-ring (bicyclic) bond motifs is 1. The molecule has 2 N–H and O–H groups in total. The zero-order valence-corrected chi connectivity index (χ0v) is 20.5. The van der Waals surface area contributed by atoms with Crippen molar-refractivity contribution in [3.05, 3.63) is 65.1 Å². The van der Waals surface area contributed by atoms with Gasteiger partial charge in [-0.15, -0.1) is 35.0 Å². The Hall–Kier alpha value is -2.19. The lowest BCUT2D eigenvalue weighted by Gasteiger charge is -2.44. The average molecular weight is 510 g/mol. The van der Waals surface area contributed by atoms with Gasteiger partial charge in [-0.1, -0.05) is 29.8 Å². The first-order valence-electron chi connectivity index (χ1n) is 10.7. The smallest absolute Gasteiger partial charge is 0.243 e. The van der Waals surface area contributed by atoms with Crippen LogP contribution in [0.5, 0.6) is 0 Å². The highest BCUT2D eigenvalue weighted by atomic mass is 35.5. The monoisotopic (exact) mass is 508 g/mol. The Morgan fingerprint density at radius 2 is 1.85 bits per heavy atom. The van der Waals surface area contributed by atoms with Gasteiger partial charge in [-0.3, -0.25) is 14.3 Å². The average Bonchev–Trinajstić information content (AvgIpc) is 3.22. The summed E-state index contributed by atoms with van der Waals surface area (Å²) in [5.41, 5.74) is 8.10. The molecule has 176 valence electrons. The number of hydrogen-bond donors (Lipinski definition) is 1. The second-order valence-corrected chi connectivity index (χ2v) is 8.93. The number of benzene rings is 1. The molecule has 1 amide bonds. The Bertz CT molecular complexity index is 1100. The maximum Gasteiger partial charge on any atom is 0.243 e. The third-order valence-electron chi connectivity index (χ3n) is 6.83. The van der Waals surface area contributed by atoms with Crippen LogP contribution in [0.3, 0.4) is 0 Å². The van der Waals surface area contributed by atoms with Crippen molar-refractivity contribution in [1.82, 2.24) is 24.6 Å². The topological polar surface area (TPSA) is 89.9 Å². The molecule has 1 saturated carbocycles. The molecule has 2 aliphatic rings. The molecule has 5 rings (SSSR count). The Morgan fingerprint density at radius 3 is 2.52 bits per heavy atom. The van der Waals surface area contributed by atoms with Gasteiger partial charge in [-0.25, -0.2) is 0 Å². The van der Waals surface area contributed by atoms with Crippen LogP contribution >= 0.6 is 36.4 Å². The van der Waals surface area contributed by atoms with Crippen LogP contribution in [-0.2, 0) is 23.3 Å². The number of aromatic nitrogens is 4. The maximum atomic E-state index is 13.1. The molecule has 10 heteroatoms. The Morgan fingerprint density at radius 1 is 1.06 bits per heavy atom. The molecule has 0 unspecified atom stereocenters. The van der Waals surface area contributed by atoms with Crippen molar-refractivity contribution >= 4 is 42.3 Å². The van der Waals surface area contributed by atoms with Crippen molar-refractivity contribution in [2.45, 2.75) is 50.2 Å². The van der Waals surface area contributed by atoms with Gasteiger partial charge in [0, 0.05) is 29.2 Å². The second kappa shape index (κ2) is 10.4. The molecule has 7 nitrogen and oxygen atoms in total. The number of nitrogens with zero attached hydrogens (tertiary/aromatic N) is 5. The molecule has 2 aromatic heterocycles. The summed E-state index contributed by atoms with van der Waals surface area (Å²) in [6, 6.07) is 13.9. The first-order chi connectivity index (χ1) is 15.1. The van der Waals surface area contributed by atoms with Crippen molar-refractivity contribution in [2.24, 2.45) is 5.73 Å². The fraction of sp³-hybridized carbons (Fsp3) is 0.391. The first kappa shape index (κ1) is 25.4. The van der Waals surface area contributed by atoms with E-state index in [1.165, 1.54) is 5.56 Å². The van der Waals surface area contributed by atoms with Gasteiger partial charge in [0.1, 0.15) is 12.2 Å². The van der Waals surface area contributed by atoms with Gasteiger partial charge in [-0.05, 0) is 55.5 Å². The van der Waals surface area contributed by atoms with Crippen LogP contribution in [0.2, 0.25) is 5.02 Å². The minimum Gasteiger partial charge on any atom is -0.331 e. The zero-order chi connectivity index (χ0) is 21.4. The van der Waals surface area contributed by atoms with Crippen molar-refractivity contribution in [2.75, 3.05) is 6.54 Å². The SMILES string of the molecule is Cl.Cl.NCC1(c2cccc(Cl)c2)CCC(N2Cc3nnc(-c4ccccn4)n3CC2=O)CC1. The molecule has 1 aliphatic heterocycles. The van der Waals surface area contributed by atoms with Crippen molar-refractivity contribution in [1.29, 1.82) is 0 Å². The van der Waals surface area contributed by atoms with E-state index in [0.29, 0.717) is 18.9 Å². The lowest BCUT2D eigenvalue weighted by atomic mass is 9.68. The van der Waals surface area contributed by atoms with Crippen LogP contribution in [0.15, 0.2) is 48.7 Å². The lowest BCUT2D eigenvalue weighted by Crippen LogP contribution is -2.50. The Balaban J connectivity index is 0.00000153. The third-order valence-corrected chi connectivity index (χ3v) is 7.06. The van der Waals surface area contributed by atoms with E-state index in [9.17, 15) is 4.79 Å². The standard InChI is InChI=1S/C23H25ClN6O.2ClH/c24-17-5-3-4-16(12-17)23(15-25)9-7-18(8-10-23)29-13-20-27-28-22(30(20)14-21(29)31)19-6-1-2-11-26-19;;/h1-6,11-12,18H,7-10,13-15,25H2;2*1H. The molecule has 0 bridgehead atoms. The summed E-state index contributed by atoms with van der Waals surface area (Å²) >= 11 is 6.23. The van der Waals surface area contributed by atoms with E-state index in [1.807, 2.05) is 45.9 Å². The van der Waals surface area contributed by atoms with Crippen LogP contribution in [-0.4, -0.2) is 43.1 Å². The van der Waals surface area contributed by atoms with Gasteiger partial charge in [0.2, 0.25) is 5.91 Å². The van der Waals surface area contributed by atoms with Gasteiger partial charge in [-0.2, -0.15) is 0 Å². The fourth-order valence-electron chi connectivity index (χ4n) is 5.00. The predicted octanol–water partition coefficient (Wildman–Crippen LogP) is 4.02. The van der Waals surface area contributed by atoms with E-state index in [1.54, 1.807) is 6.20 Å². The van der Waals surface area contributed by atoms with Gasteiger partial charge in [0.25, 0.3) is 0 Å². The van der Waals surface area contributed by atoms with Gasteiger partial charge in [0.05, 0.1) is 6.54 Å². The normalized spacial score (nSPS) is 22.2. The Labute approximate surface area is 210 Å². The van der Waals surface area contributed by atoms with E-state index in [4.69, 9.17) is 17.3 Å². The third kappa shape index (κ3) is 4.73. The first-order valence-corrected chi connectivity index (χ1v) is 11.1. The number of rotatable bonds is 4. The second-order valence-electron chi connectivity index (χ2n) is 8.49. The van der Waals surface area contributed by atoms with Gasteiger partial charge in [0.15, 0.2) is 11.6 Å². The quantitative estimate of drug-likeness (QED) is 0.574. The molecule has 0 radical (unpaired) electrons. The summed E-state index contributed by atoms with van der Waals surface area (Å²) < 4.78 is 1.89. The lowest BCUT2D eigenvalue weighted by molar-refractivity contribution is -0.137. The Kier molecular flexibility index (Phi) is 8.00. The minimum absolute atomic E-state index is 0. The molecular formula is C23H27Cl3N6O. The van der Waals surface area contributed by atoms with Crippen LogP contribution in [0.4, 0.5) is 0 Å². The number of amides is 1. The fourth-order valence-corrected chi connectivity index (χ4v) is 5.19. The highest BCUT2D eigenvalue weighted by molar-refractivity contribution is 6.30. The van der Waals surface area contributed by atoms with Crippen molar-refractivity contribution in [3.8, 4) is 11.5 Å². The number of pyridine rings is 1. The van der Waals surface area contributed by atoms with Gasteiger partial charge < -0.3 is 10.6 Å². The van der Waals surface area contributed by atoms with E-state index in [0.717, 1.165) is 42.2 Å². The molecule has 0 saturated heterocycles. The number of hydrogen-bond acceptors (Lipinski definition) is 5. The molecule has 1 fully saturated rings. The van der Waals surface area contributed by atoms with E-state index in [-0.39, 0.29) is 48.7 Å². The zero-order valence-electron chi connectivity index (χ0n) is 18.1. The summed E-state index contributed by atoms with van der Waals surface area (Å²) in [5.74, 6) is 1.57. The largest absolute Gasteiger partial charge is 0.331 e. The molecule has 3 heterocycles. The molecule has 1 aliphatic carbocycles. The summed E-state index contributed by atoms with van der Waals surface area (Å²) in [6.07, 6.45) is 5.42. The number of nitrogens with two attached hydrogens (primary N) is 1.